The molecular formula is C18H16B2O2. The smallest absolute Gasteiger partial charge is 0.423 e. The fraction of sp³-hybridized carbons (Fsp3) is 0. The summed E-state index contributed by atoms with van der Waals surface area (Å²) in [4.78, 5) is 0. The van der Waals surface area contributed by atoms with Crippen LogP contribution in [0.5, 0.6) is 0 Å². The molecule has 3 aromatic rings. The standard InChI is InChI=1S/C18H16B2O2/c21-20(22)18-13-7-12-17(14-18)19(15-8-3-1-4-9-15)16-10-5-2-6-11-16/h1-14,21-22H. The highest BCUT2D eigenvalue weighted by Gasteiger charge is 2.22. The van der Waals surface area contributed by atoms with E-state index in [1.165, 1.54) is 10.9 Å². The highest BCUT2D eigenvalue weighted by atomic mass is 16.4. The van der Waals surface area contributed by atoms with Crippen molar-refractivity contribution in [1.29, 1.82) is 0 Å². The summed E-state index contributed by atoms with van der Waals surface area (Å²) in [5, 5.41) is 18.9. The molecule has 0 aliphatic heterocycles. The summed E-state index contributed by atoms with van der Waals surface area (Å²) in [6.45, 7) is 0.0705. The minimum Gasteiger partial charge on any atom is -0.423 e. The van der Waals surface area contributed by atoms with Crippen LogP contribution in [0.4, 0.5) is 0 Å². The van der Waals surface area contributed by atoms with Crippen LogP contribution >= 0.6 is 0 Å². The molecule has 22 heavy (non-hydrogen) atoms. The molecule has 0 fully saturated rings. The molecule has 0 saturated heterocycles. The average Bonchev–Trinajstić information content (AvgIpc) is 2.57. The predicted molar refractivity (Wildman–Crippen MR) is 93.8 cm³/mol. The minimum atomic E-state index is -1.45. The molecule has 0 bridgehead atoms. The quantitative estimate of drug-likeness (QED) is 0.657. The fourth-order valence-electron chi connectivity index (χ4n) is 2.77. The van der Waals surface area contributed by atoms with Gasteiger partial charge in [0.2, 0.25) is 6.71 Å². The van der Waals surface area contributed by atoms with Crippen LogP contribution in [0.15, 0.2) is 84.9 Å². The third-order valence-electron chi connectivity index (χ3n) is 3.81. The van der Waals surface area contributed by atoms with Gasteiger partial charge in [-0.1, -0.05) is 101 Å². The van der Waals surface area contributed by atoms with Gasteiger partial charge >= 0.3 is 7.12 Å². The molecule has 0 spiro atoms. The topological polar surface area (TPSA) is 40.5 Å². The Hall–Kier alpha value is -2.29. The van der Waals surface area contributed by atoms with Crippen molar-refractivity contribution in [1.82, 2.24) is 0 Å². The lowest BCUT2D eigenvalue weighted by atomic mass is 9.36. The van der Waals surface area contributed by atoms with Crippen molar-refractivity contribution < 1.29 is 10.0 Å². The maximum absolute atomic E-state index is 9.43. The number of hydrogen-bond donors (Lipinski definition) is 2. The van der Waals surface area contributed by atoms with Gasteiger partial charge in [0.25, 0.3) is 0 Å². The fourth-order valence-corrected chi connectivity index (χ4v) is 2.77. The maximum atomic E-state index is 9.43. The SMILES string of the molecule is OB(O)c1cccc(B(c2ccccc2)c2ccccc2)c1. The van der Waals surface area contributed by atoms with Gasteiger partial charge < -0.3 is 10.0 Å². The van der Waals surface area contributed by atoms with Crippen molar-refractivity contribution in [3.63, 3.8) is 0 Å². The van der Waals surface area contributed by atoms with E-state index in [1.807, 2.05) is 54.6 Å². The van der Waals surface area contributed by atoms with Crippen LogP contribution in [-0.4, -0.2) is 23.9 Å². The molecule has 2 N–H and O–H groups in total. The van der Waals surface area contributed by atoms with E-state index in [9.17, 15) is 10.0 Å². The highest BCUT2D eigenvalue weighted by molar-refractivity contribution is 6.95. The van der Waals surface area contributed by atoms with E-state index in [2.05, 4.69) is 24.3 Å². The van der Waals surface area contributed by atoms with Gasteiger partial charge in [-0.3, -0.25) is 0 Å². The molecule has 2 nitrogen and oxygen atoms in total. The van der Waals surface area contributed by atoms with Crippen LogP contribution in [0.2, 0.25) is 0 Å². The third-order valence-corrected chi connectivity index (χ3v) is 3.81. The van der Waals surface area contributed by atoms with Gasteiger partial charge in [0, 0.05) is 0 Å². The zero-order valence-corrected chi connectivity index (χ0v) is 12.1. The lowest BCUT2D eigenvalue weighted by molar-refractivity contribution is 0.426. The summed E-state index contributed by atoms with van der Waals surface area (Å²) < 4.78 is 0. The normalized spacial score (nSPS) is 10.3. The molecular weight excluding hydrogens is 270 g/mol. The first kappa shape index (κ1) is 14.6. The molecule has 0 amide bonds. The van der Waals surface area contributed by atoms with Crippen molar-refractivity contribution in [2.75, 3.05) is 0 Å². The molecule has 0 atom stereocenters. The van der Waals surface area contributed by atoms with Gasteiger partial charge in [-0.05, 0) is 5.46 Å². The van der Waals surface area contributed by atoms with Crippen LogP contribution in [-0.2, 0) is 0 Å². The van der Waals surface area contributed by atoms with Crippen molar-refractivity contribution >= 4 is 35.7 Å². The van der Waals surface area contributed by atoms with Gasteiger partial charge in [-0.25, -0.2) is 0 Å². The third kappa shape index (κ3) is 3.14. The van der Waals surface area contributed by atoms with Crippen LogP contribution in [0.25, 0.3) is 0 Å². The Bertz CT molecular complexity index is 691. The van der Waals surface area contributed by atoms with Crippen molar-refractivity contribution in [2.45, 2.75) is 0 Å². The monoisotopic (exact) mass is 286 g/mol. The summed E-state index contributed by atoms with van der Waals surface area (Å²) in [7, 11) is -1.45. The largest absolute Gasteiger partial charge is 0.488 e. The van der Waals surface area contributed by atoms with E-state index < -0.39 is 7.12 Å². The van der Waals surface area contributed by atoms with E-state index in [0.29, 0.717) is 5.46 Å². The van der Waals surface area contributed by atoms with E-state index in [4.69, 9.17) is 0 Å². The van der Waals surface area contributed by atoms with Crippen molar-refractivity contribution in [2.24, 2.45) is 0 Å². The number of rotatable bonds is 4. The number of hydrogen-bond acceptors (Lipinski definition) is 2. The first-order chi connectivity index (χ1) is 10.8. The molecule has 0 radical (unpaired) electrons. The Morgan fingerprint density at radius 1 is 0.500 bits per heavy atom. The van der Waals surface area contributed by atoms with Gasteiger partial charge in [0.05, 0.1) is 0 Å². The van der Waals surface area contributed by atoms with E-state index in [1.54, 1.807) is 6.07 Å². The Kier molecular flexibility index (Phi) is 4.42. The van der Waals surface area contributed by atoms with Gasteiger partial charge in [-0.2, -0.15) is 0 Å². The highest BCUT2D eigenvalue weighted by Crippen LogP contribution is 1.95. The van der Waals surface area contributed by atoms with E-state index >= 15 is 0 Å². The number of benzene rings is 3. The van der Waals surface area contributed by atoms with Gasteiger partial charge in [0.1, 0.15) is 0 Å². The lowest BCUT2D eigenvalue weighted by Crippen LogP contribution is -2.53. The van der Waals surface area contributed by atoms with Crippen molar-refractivity contribution in [3.05, 3.63) is 84.9 Å². The lowest BCUT2D eigenvalue weighted by Gasteiger charge is -2.16. The summed E-state index contributed by atoms with van der Waals surface area (Å²) in [6.07, 6.45) is 0. The molecule has 3 aromatic carbocycles. The second-order valence-corrected chi connectivity index (χ2v) is 5.30. The molecule has 0 aromatic heterocycles. The van der Waals surface area contributed by atoms with Crippen LogP contribution in [0.1, 0.15) is 0 Å². The summed E-state index contributed by atoms with van der Waals surface area (Å²) in [5.74, 6) is 0. The summed E-state index contributed by atoms with van der Waals surface area (Å²) >= 11 is 0. The first-order valence-corrected chi connectivity index (χ1v) is 7.31. The molecule has 0 unspecified atom stereocenters. The first-order valence-electron chi connectivity index (χ1n) is 7.31. The van der Waals surface area contributed by atoms with E-state index in [-0.39, 0.29) is 6.71 Å². The molecule has 0 saturated carbocycles. The molecule has 3 rings (SSSR count). The zero-order valence-electron chi connectivity index (χ0n) is 12.1. The Labute approximate surface area is 131 Å². The predicted octanol–water partition coefficient (Wildman–Crippen LogP) is -0.117. The van der Waals surface area contributed by atoms with Gasteiger partial charge in [0.15, 0.2) is 0 Å². The Morgan fingerprint density at radius 2 is 0.955 bits per heavy atom. The van der Waals surface area contributed by atoms with E-state index in [0.717, 1.165) is 5.46 Å². The summed E-state index contributed by atoms with van der Waals surface area (Å²) in [5.41, 5.74) is 3.91. The van der Waals surface area contributed by atoms with Crippen LogP contribution in [0.3, 0.4) is 0 Å². The van der Waals surface area contributed by atoms with Crippen molar-refractivity contribution in [3.8, 4) is 0 Å². The second kappa shape index (κ2) is 6.65. The van der Waals surface area contributed by atoms with Gasteiger partial charge in [-0.15, -0.1) is 0 Å². The maximum Gasteiger partial charge on any atom is 0.488 e. The van der Waals surface area contributed by atoms with Crippen LogP contribution < -0.4 is 21.9 Å². The molecule has 0 aliphatic rings. The molecule has 106 valence electrons. The minimum absolute atomic E-state index is 0.0705. The molecule has 0 heterocycles. The average molecular weight is 286 g/mol. The second-order valence-electron chi connectivity index (χ2n) is 5.30. The molecule has 4 heteroatoms. The zero-order chi connectivity index (χ0) is 15.4. The summed E-state index contributed by atoms with van der Waals surface area (Å²) in [6, 6.07) is 28.0. The molecule has 0 aliphatic carbocycles. The Balaban J connectivity index is 2.12. The Morgan fingerprint density at radius 3 is 1.45 bits per heavy atom. The van der Waals surface area contributed by atoms with Crippen LogP contribution in [0, 0.1) is 0 Å².